The van der Waals surface area contributed by atoms with E-state index in [1.165, 1.54) is 32.6 Å². The second-order valence-electron chi connectivity index (χ2n) is 6.34. The zero-order valence-corrected chi connectivity index (χ0v) is 16.5. The lowest BCUT2D eigenvalue weighted by molar-refractivity contribution is 0.0934. The van der Waals surface area contributed by atoms with E-state index in [9.17, 15) is 9.59 Å². The van der Waals surface area contributed by atoms with E-state index in [-0.39, 0.29) is 41.4 Å². The van der Waals surface area contributed by atoms with Gasteiger partial charge in [-0.15, -0.1) is 12.4 Å². The monoisotopic (exact) mass is 409 g/mol. The lowest BCUT2D eigenvalue weighted by Crippen LogP contribution is -2.42. The number of carbonyl (C=O) groups is 2. The Kier molecular flexibility index (Phi) is 7.31. The zero-order valence-electron chi connectivity index (χ0n) is 15.7. The number of benzene rings is 1. The molecule has 1 aromatic heterocycles. The fourth-order valence-corrected chi connectivity index (χ4v) is 2.88. The van der Waals surface area contributed by atoms with Gasteiger partial charge in [0, 0.05) is 18.7 Å². The predicted octanol–water partition coefficient (Wildman–Crippen LogP) is 2.44. The highest BCUT2D eigenvalue weighted by Gasteiger charge is 2.32. The maximum atomic E-state index is 12.9. The van der Waals surface area contributed by atoms with Crippen LogP contribution in [-0.4, -0.2) is 38.6 Å². The van der Waals surface area contributed by atoms with E-state index in [1.54, 1.807) is 12.1 Å². The minimum Gasteiger partial charge on any atom is -0.493 e. The molecule has 0 aliphatic heterocycles. The van der Waals surface area contributed by atoms with Crippen LogP contribution in [0.2, 0.25) is 0 Å². The summed E-state index contributed by atoms with van der Waals surface area (Å²) in [6.07, 6.45) is 3.50. The molecule has 9 heteroatoms. The molecule has 1 aliphatic rings. The highest BCUT2D eigenvalue weighted by molar-refractivity contribution is 6.08. The summed E-state index contributed by atoms with van der Waals surface area (Å²) in [6.45, 7) is 0.359. The van der Waals surface area contributed by atoms with Crippen molar-refractivity contribution in [2.24, 2.45) is 11.7 Å². The van der Waals surface area contributed by atoms with Gasteiger partial charge in [-0.2, -0.15) is 0 Å². The van der Waals surface area contributed by atoms with Crippen LogP contribution < -0.4 is 25.8 Å². The van der Waals surface area contributed by atoms with Crippen molar-refractivity contribution in [3.8, 4) is 11.5 Å². The quantitative estimate of drug-likeness (QED) is 0.616. The topological polar surface area (TPSA) is 116 Å². The van der Waals surface area contributed by atoms with Crippen LogP contribution in [0, 0.1) is 5.92 Å². The third-order valence-corrected chi connectivity index (χ3v) is 4.52. The Morgan fingerprint density at radius 2 is 1.89 bits per heavy atom. The Bertz CT molecular complexity index is 821. The molecule has 0 radical (unpaired) electrons. The molecular formula is C19H24ClN3O5. The van der Waals surface area contributed by atoms with Crippen molar-refractivity contribution in [3.05, 3.63) is 41.9 Å². The number of halogens is 1. The Hall–Kier alpha value is -2.71. The van der Waals surface area contributed by atoms with Gasteiger partial charge in [0.25, 0.3) is 11.8 Å². The smallest absolute Gasteiger partial charge is 0.291 e. The number of methoxy groups -OCH3 is 2. The van der Waals surface area contributed by atoms with Gasteiger partial charge in [0.15, 0.2) is 17.3 Å². The summed E-state index contributed by atoms with van der Waals surface area (Å²) in [6, 6.07) is 6.13. The molecule has 0 spiro atoms. The van der Waals surface area contributed by atoms with Gasteiger partial charge in [-0.25, -0.2) is 0 Å². The Balaban J connectivity index is 0.00000280. The predicted molar refractivity (Wildman–Crippen MR) is 106 cm³/mol. The maximum Gasteiger partial charge on any atom is 0.291 e. The molecule has 1 heterocycles. The van der Waals surface area contributed by atoms with Gasteiger partial charge in [-0.05, 0) is 37.0 Å². The van der Waals surface area contributed by atoms with Gasteiger partial charge >= 0.3 is 0 Å². The second-order valence-corrected chi connectivity index (χ2v) is 6.34. The van der Waals surface area contributed by atoms with Crippen LogP contribution in [-0.2, 0) is 0 Å². The van der Waals surface area contributed by atoms with E-state index < -0.39 is 5.91 Å². The van der Waals surface area contributed by atoms with Crippen LogP contribution in [0.4, 0.5) is 5.69 Å². The minimum atomic E-state index is -0.473. The standard InChI is InChI=1S/C19H23N3O5.ClH/c1-25-16-8-12(18(23)22-14(10-20)11-5-6-11)13(9-17(16)26-2)21-19(24)15-4-3-7-27-15;/h3-4,7-9,11,14H,5-6,10,20H2,1-2H3,(H,21,24)(H,22,23);1H. The van der Waals surface area contributed by atoms with Crippen molar-refractivity contribution >= 4 is 29.9 Å². The Morgan fingerprint density at radius 1 is 1.21 bits per heavy atom. The number of amides is 2. The Morgan fingerprint density at radius 3 is 2.43 bits per heavy atom. The molecular weight excluding hydrogens is 386 g/mol. The van der Waals surface area contributed by atoms with Crippen LogP contribution in [0.15, 0.2) is 34.9 Å². The number of carbonyl (C=O) groups excluding carboxylic acids is 2. The van der Waals surface area contributed by atoms with Crippen LogP contribution in [0.1, 0.15) is 33.8 Å². The summed E-state index contributed by atoms with van der Waals surface area (Å²) in [5, 5.41) is 5.64. The molecule has 1 atom stereocenters. The molecule has 0 saturated heterocycles. The molecule has 3 rings (SSSR count). The second kappa shape index (κ2) is 9.48. The largest absolute Gasteiger partial charge is 0.493 e. The molecule has 1 aromatic carbocycles. The lowest BCUT2D eigenvalue weighted by Gasteiger charge is -2.19. The van der Waals surface area contributed by atoms with Crippen LogP contribution in [0.5, 0.6) is 11.5 Å². The van der Waals surface area contributed by atoms with Gasteiger partial charge in [-0.1, -0.05) is 0 Å². The van der Waals surface area contributed by atoms with Gasteiger partial charge < -0.3 is 30.3 Å². The normalized spacial score (nSPS) is 13.8. The zero-order chi connectivity index (χ0) is 19.4. The van der Waals surface area contributed by atoms with Crippen LogP contribution in [0.25, 0.3) is 0 Å². The van der Waals surface area contributed by atoms with Crippen molar-refractivity contribution in [1.29, 1.82) is 0 Å². The fourth-order valence-electron chi connectivity index (χ4n) is 2.88. The van der Waals surface area contributed by atoms with Gasteiger partial charge in [0.05, 0.1) is 31.7 Å². The molecule has 1 unspecified atom stereocenters. The van der Waals surface area contributed by atoms with Crippen molar-refractivity contribution in [2.75, 3.05) is 26.1 Å². The van der Waals surface area contributed by atoms with E-state index in [4.69, 9.17) is 19.6 Å². The molecule has 1 fully saturated rings. The molecule has 2 aromatic rings. The fraction of sp³-hybridized carbons (Fsp3) is 0.368. The van der Waals surface area contributed by atoms with Crippen LogP contribution >= 0.6 is 12.4 Å². The number of nitrogens with two attached hydrogens (primary N) is 1. The summed E-state index contributed by atoms with van der Waals surface area (Å²) in [7, 11) is 2.96. The average molecular weight is 410 g/mol. The highest BCUT2D eigenvalue weighted by Crippen LogP contribution is 2.35. The van der Waals surface area contributed by atoms with E-state index in [1.807, 2.05) is 0 Å². The average Bonchev–Trinajstić information content (AvgIpc) is 3.37. The van der Waals surface area contributed by atoms with Gasteiger partial charge in [-0.3, -0.25) is 9.59 Å². The van der Waals surface area contributed by atoms with Crippen molar-refractivity contribution < 1.29 is 23.5 Å². The number of ether oxygens (including phenoxy) is 2. The summed E-state index contributed by atoms with van der Waals surface area (Å²) >= 11 is 0. The Labute approximate surface area is 169 Å². The van der Waals surface area contributed by atoms with Crippen LogP contribution in [0.3, 0.4) is 0 Å². The lowest BCUT2D eigenvalue weighted by atomic mass is 10.1. The molecule has 28 heavy (non-hydrogen) atoms. The summed E-state index contributed by atoms with van der Waals surface area (Å²) in [5.74, 6) is 0.497. The first-order valence-corrected chi connectivity index (χ1v) is 8.69. The molecule has 0 bridgehead atoms. The number of anilines is 1. The summed E-state index contributed by atoms with van der Waals surface area (Å²) < 4.78 is 15.7. The van der Waals surface area contributed by atoms with E-state index >= 15 is 0 Å². The SMILES string of the molecule is COc1cc(NC(=O)c2ccco2)c(C(=O)NC(CN)C2CC2)cc1OC.Cl. The summed E-state index contributed by atoms with van der Waals surface area (Å²) in [4.78, 5) is 25.2. The van der Waals surface area contributed by atoms with Crippen molar-refractivity contribution in [3.63, 3.8) is 0 Å². The first-order valence-electron chi connectivity index (χ1n) is 8.69. The number of nitrogens with one attached hydrogen (secondary N) is 2. The molecule has 1 aliphatic carbocycles. The van der Waals surface area contributed by atoms with Crippen molar-refractivity contribution in [2.45, 2.75) is 18.9 Å². The number of furan rings is 1. The van der Waals surface area contributed by atoms with E-state index in [0.29, 0.717) is 24.0 Å². The summed E-state index contributed by atoms with van der Waals surface area (Å²) in [5.41, 5.74) is 6.33. The third kappa shape index (κ3) is 4.76. The van der Waals surface area contributed by atoms with Gasteiger partial charge in [0.1, 0.15) is 0 Å². The maximum absolute atomic E-state index is 12.9. The molecule has 1 saturated carbocycles. The van der Waals surface area contributed by atoms with Gasteiger partial charge in [0.2, 0.25) is 0 Å². The first-order chi connectivity index (χ1) is 13.1. The minimum absolute atomic E-state index is 0. The molecule has 4 N–H and O–H groups in total. The van der Waals surface area contributed by atoms with Crippen molar-refractivity contribution in [1.82, 2.24) is 5.32 Å². The molecule has 8 nitrogen and oxygen atoms in total. The number of rotatable bonds is 8. The first kappa shape index (κ1) is 21.6. The third-order valence-electron chi connectivity index (χ3n) is 4.52. The molecule has 152 valence electrons. The van der Waals surface area contributed by atoms with E-state index in [2.05, 4.69) is 10.6 Å². The number of hydrogen-bond acceptors (Lipinski definition) is 6. The number of hydrogen-bond donors (Lipinski definition) is 3. The molecule has 2 amide bonds. The van der Waals surface area contributed by atoms with E-state index in [0.717, 1.165) is 12.8 Å². The highest BCUT2D eigenvalue weighted by atomic mass is 35.5.